The van der Waals surface area contributed by atoms with Crippen LogP contribution in [0.2, 0.25) is 0 Å². The number of hydrogen-bond acceptors (Lipinski definition) is 10. The maximum Gasteiger partial charge on any atom is 0.490 e. The molecule has 0 aliphatic heterocycles. The molecule has 0 amide bonds. The fourth-order valence-corrected chi connectivity index (χ4v) is 6.01. The molecule has 2 aromatic heterocycles. The van der Waals surface area contributed by atoms with Crippen molar-refractivity contribution in [1.82, 2.24) is 4.98 Å². The van der Waals surface area contributed by atoms with E-state index in [1.165, 1.54) is 29.8 Å². The zero-order valence-corrected chi connectivity index (χ0v) is 24.0. The number of carboxylic acid groups (broad SMARTS) is 1. The fraction of sp³-hybridized carbons (Fsp3) is 0.304. The molecule has 0 bridgehead atoms. The molecule has 18 heteroatoms. The van der Waals surface area contributed by atoms with Gasteiger partial charge in [0.15, 0.2) is 0 Å². The second-order valence-electron chi connectivity index (χ2n) is 7.92. The first-order valence-corrected chi connectivity index (χ1v) is 14.7. The van der Waals surface area contributed by atoms with Gasteiger partial charge in [-0.3, -0.25) is 10.1 Å². The highest BCUT2D eigenvalue weighted by atomic mass is 35.5. The van der Waals surface area contributed by atoms with E-state index in [4.69, 9.17) is 43.0 Å². The van der Waals surface area contributed by atoms with Crippen LogP contribution in [-0.4, -0.2) is 60.4 Å². The van der Waals surface area contributed by atoms with E-state index in [1.54, 1.807) is 24.3 Å². The van der Waals surface area contributed by atoms with Crippen LogP contribution in [0.4, 0.5) is 29.7 Å². The van der Waals surface area contributed by atoms with Gasteiger partial charge in [-0.2, -0.15) is 21.6 Å². The number of carboxylic acids is 1. The average Bonchev–Trinajstić information content (AvgIpc) is 3.38. The minimum Gasteiger partial charge on any atom is -0.475 e. The third-order valence-electron chi connectivity index (χ3n) is 5.23. The molecule has 41 heavy (non-hydrogen) atoms. The van der Waals surface area contributed by atoms with Crippen molar-refractivity contribution in [2.45, 2.75) is 17.8 Å². The molecule has 1 unspecified atom stereocenters. The lowest BCUT2D eigenvalue weighted by Gasteiger charge is -2.23. The summed E-state index contributed by atoms with van der Waals surface area (Å²) < 4.78 is 63.9. The van der Waals surface area contributed by atoms with Crippen molar-refractivity contribution in [1.29, 1.82) is 0 Å². The van der Waals surface area contributed by atoms with Gasteiger partial charge < -0.3 is 19.9 Å². The van der Waals surface area contributed by atoms with E-state index in [1.807, 2.05) is 4.90 Å². The highest BCUT2D eigenvalue weighted by Gasteiger charge is 2.38. The van der Waals surface area contributed by atoms with Gasteiger partial charge in [0, 0.05) is 43.2 Å². The summed E-state index contributed by atoms with van der Waals surface area (Å²) in [6, 6.07) is 11.1. The zero-order valence-electron chi connectivity index (χ0n) is 20.8. The Bertz CT molecular complexity index is 1420. The molecule has 0 saturated carbocycles. The summed E-state index contributed by atoms with van der Waals surface area (Å²) in [4.78, 5) is 25.8. The van der Waals surface area contributed by atoms with Crippen molar-refractivity contribution in [3.05, 3.63) is 75.3 Å². The van der Waals surface area contributed by atoms with E-state index in [2.05, 4.69) is 4.98 Å². The van der Waals surface area contributed by atoms with Crippen molar-refractivity contribution in [2.24, 2.45) is 0 Å². The van der Waals surface area contributed by atoms with Crippen LogP contribution in [0.25, 0.3) is 0 Å². The van der Waals surface area contributed by atoms with Crippen LogP contribution in [-0.2, 0) is 21.3 Å². The topological polar surface area (TPSA) is 166 Å². The molecule has 0 radical (unpaired) electrons. The number of alkyl halides is 5. The summed E-state index contributed by atoms with van der Waals surface area (Å²) in [6.45, 7) is 1.15. The SMILES string of the molecule is Nc1ncccc1CC(c1ccsc1[N+](=O)[O-])S(=O)(=O)Oc1ccc(N(CCCl)CCCl)cc1.O=C(O)C(F)(F)F. The van der Waals surface area contributed by atoms with Gasteiger partial charge in [0.25, 0.3) is 0 Å². The Kier molecular flexibility index (Phi) is 12.4. The van der Waals surface area contributed by atoms with Crippen LogP contribution in [0.1, 0.15) is 16.4 Å². The number of thiophene rings is 1. The van der Waals surface area contributed by atoms with Gasteiger partial charge >= 0.3 is 27.3 Å². The lowest BCUT2D eigenvalue weighted by Crippen LogP contribution is -2.27. The number of aromatic nitrogens is 1. The number of nitrogen functional groups attached to an aromatic ring is 1. The van der Waals surface area contributed by atoms with Gasteiger partial charge in [-0.05, 0) is 47.3 Å². The van der Waals surface area contributed by atoms with Crippen LogP contribution in [0.15, 0.2) is 54.0 Å². The van der Waals surface area contributed by atoms with Gasteiger partial charge in [-0.1, -0.05) is 17.4 Å². The van der Waals surface area contributed by atoms with Crippen LogP contribution in [0, 0.1) is 10.1 Å². The minimum atomic E-state index is -5.08. The van der Waals surface area contributed by atoms with E-state index >= 15 is 0 Å². The number of hydrogen-bond donors (Lipinski definition) is 2. The Balaban J connectivity index is 0.000000745. The Hall–Kier alpha value is -3.34. The van der Waals surface area contributed by atoms with Gasteiger partial charge in [0.2, 0.25) is 0 Å². The number of carbonyl (C=O) groups is 1. The fourth-order valence-electron chi connectivity index (χ4n) is 3.37. The number of halogens is 5. The summed E-state index contributed by atoms with van der Waals surface area (Å²) in [6.07, 6.45) is -3.75. The van der Waals surface area contributed by atoms with Gasteiger partial charge in [-0.15, -0.1) is 23.2 Å². The smallest absolute Gasteiger partial charge is 0.475 e. The normalized spacial score (nSPS) is 12.1. The Morgan fingerprint density at radius 2 is 1.76 bits per heavy atom. The summed E-state index contributed by atoms with van der Waals surface area (Å²) >= 11 is 12.5. The molecule has 1 aromatic carbocycles. The molecule has 3 N–H and O–H groups in total. The van der Waals surface area contributed by atoms with Gasteiger partial charge in [0.05, 0.1) is 10.5 Å². The van der Waals surface area contributed by atoms with E-state index in [0.717, 1.165) is 17.0 Å². The Labute approximate surface area is 246 Å². The first-order chi connectivity index (χ1) is 19.2. The van der Waals surface area contributed by atoms with Crippen molar-refractivity contribution >= 4 is 67.1 Å². The van der Waals surface area contributed by atoms with Gasteiger partial charge in [-0.25, -0.2) is 9.78 Å². The number of pyridine rings is 1. The number of aliphatic carboxylic acids is 1. The Morgan fingerprint density at radius 3 is 2.24 bits per heavy atom. The van der Waals surface area contributed by atoms with Crippen molar-refractivity contribution in [2.75, 3.05) is 35.5 Å². The standard InChI is InChI=1S/C21H22Cl2N4O5S2.C2HF3O2/c22-8-11-26(12-9-23)16-3-5-17(6-4-16)32-34(30,31)19(14-15-2-1-10-25-20(15)24)18-7-13-33-21(18)27(28)29;3-2(4,5)1(6)7/h1-7,10,13,19H,8-9,11-12,14H2,(H2,24,25);(H,6,7). The molecule has 2 heterocycles. The molecule has 0 fully saturated rings. The third-order valence-corrected chi connectivity index (χ3v) is 7.99. The van der Waals surface area contributed by atoms with Crippen LogP contribution in [0.3, 0.4) is 0 Å². The van der Waals surface area contributed by atoms with Crippen LogP contribution < -0.4 is 14.8 Å². The predicted octanol–water partition coefficient (Wildman–Crippen LogP) is 5.24. The average molecular weight is 659 g/mol. The molecule has 0 spiro atoms. The monoisotopic (exact) mass is 658 g/mol. The highest BCUT2D eigenvalue weighted by Crippen LogP contribution is 2.39. The van der Waals surface area contributed by atoms with E-state index in [0.29, 0.717) is 30.4 Å². The lowest BCUT2D eigenvalue weighted by atomic mass is 10.1. The van der Waals surface area contributed by atoms with Crippen molar-refractivity contribution in [3.63, 3.8) is 0 Å². The van der Waals surface area contributed by atoms with Gasteiger partial charge in [0.1, 0.15) is 16.8 Å². The number of nitro groups is 1. The second kappa shape index (κ2) is 15.0. The van der Waals surface area contributed by atoms with Crippen LogP contribution in [0.5, 0.6) is 5.75 Å². The summed E-state index contributed by atoms with van der Waals surface area (Å²) in [5, 5.41) is 18.5. The molecular formula is C23H23Cl2F3N4O7S2. The van der Waals surface area contributed by atoms with Crippen molar-refractivity contribution < 1.29 is 40.6 Å². The molecule has 1 atom stereocenters. The number of rotatable bonds is 12. The van der Waals surface area contributed by atoms with Crippen LogP contribution >= 0.6 is 34.5 Å². The number of anilines is 2. The number of benzene rings is 1. The molecule has 0 aliphatic rings. The highest BCUT2D eigenvalue weighted by molar-refractivity contribution is 7.87. The first-order valence-electron chi connectivity index (χ1n) is 11.3. The molecule has 224 valence electrons. The lowest BCUT2D eigenvalue weighted by molar-refractivity contribution is -0.380. The molecule has 0 aliphatic carbocycles. The van der Waals surface area contributed by atoms with Crippen molar-refractivity contribution in [3.8, 4) is 5.75 Å². The first kappa shape index (κ1) is 33.9. The maximum absolute atomic E-state index is 13.4. The summed E-state index contributed by atoms with van der Waals surface area (Å²) in [5.74, 6) is -1.73. The predicted molar refractivity (Wildman–Crippen MR) is 149 cm³/mol. The number of nitrogens with two attached hydrogens (primary N) is 1. The third kappa shape index (κ3) is 9.91. The maximum atomic E-state index is 13.4. The largest absolute Gasteiger partial charge is 0.490 e. The number of nitrogens with zero attached hydrogens (tertiary/aromatic N) is 3. The van der Waals surface area contributed by atoms with E-state index < -0.39 is 32.4 Å². The molecule has 11 nitrogen and oxygen atoms in total. The quantitative estimate of drug-likeness (QED) is 0.114. The zero-order chi connectivity index (χ0) is 30.8. The molecular weight excluding hydrogens is 636 g/mol. The summed E-state index contributed by atoms with van der Waals surface area (Å²) in [5.41, 5.74) is 7.18. The summed E-state index contributed by atoms with van der Waals surface area (Å²) in [7, 11) is -4.36. The molecule has 3 rings (SSSR count). The molecule has 3 aromatic rings. The Morgan fingerprint density at radius 1 is 1.17 bits per heavy atom. The second-order valence-corrected chi connectivity index (χ2v) is 11.3. The van der Waals surface area contributed by atoms with E-state index in [9.17, 15) is 31.7 Å². The minimum absolute atomic E-state index is 0.0327. The molecule has 0 saturated heterocycles. The van der Waals surface area contributed by atoms with E-state index in [-0.39, 0.29) is 28.6 Å².